The van der Waals surface area contributed by atoms with Crippen LogP contribution in [0.4, 0.5) is 0 Å². The lowest BCUT2D eigenvalue weighted by atomic mass is 9.96. The van der Waals surface area contributed by atoms with Crippen molar-refractivity contribution in [3.63, 3.8) is 0 Å². The summed E-state index contributed by atoms with van der Waals surface area (Å²) in [4.78, 5) is 0. The molecule has 0 aromatic carbocycles. The minimum atomic E-state index is -0.213. The van der Waals surface area contributed by atoms with Crippen molar-refractivity contribution in [2.45, 2.75) is 46.0 Å². The van der Waals surface area contributed by atoms with Gasteiger partial charge < -0.3 is 5.32 Å². The second kappa shape index (κ2) is 5.36. The topological polar surface area (TPSA) is 35.8 Å². The highest BCUT2D eigenvalue weighted by Gasteiger charge is 2.17. The van der Waals surface area contributed by atoms with Gasteiger partial charge in [0.15, 0.2) is 0 Å². The molecule has 1 fully saturated rings. The minimum Gasteiger partial charge on any atom is -0.315 e. The molecule has 1 saturated carbocycles. The Bertz CT molecular complexity index is 197. The maximum absolute atomic E-state index is 8.81. The fraction of sp³-hybridized carbons (Fsp3) is 0.917. The molecule has 14 heavy (non-hydrogen) atoms. The zero-order valence-corrected chi connectivity index (χ0v) is 9.47. The average molecular weight is 194 g/mol. The van der Waals surface area contributed by atoms with Crippen molar-refractivity contribution in [1.29, 1.82) is 5.26 Å². The summed E-state index contributed by atoms with van der Waals surface area (Å²) in [5.74, 6) is 0.952. The summed E-state index contributed by atoms with van der Waals surface area (Å²) >= 11 is 0. The highest BCUT2D eigenvalue weighted by atomic mass is 14.9. The Morgan fingerprint density at radius 3 is 2.57 bits per heavy atom. The molecule has 0 spiro atoms. The SMILES string of the molecule is CC(C)(C#N)CNCCC1CCCC1. The Hall–Kier alpha value is -0.550. The van der Waals surface area contributed by atoms with Crippen LogP contribution in [0.2, 0.25) is 0 Å². The molecule has 0 amide bonds. The number of nitrogens with one attached hydrogen (secondary N) is 1. The predicted octanol–water partition coefficient (Wildman–Crippen LogP) is 2.71. The maximum Gasteiger partial charge on any atom is 0.0697 e. The second-order valence-corrected chi connectivity index (χ2v) is 5.11. The summed E-state index contributed by atoms with van der Waals surface area (Å²) in [5.41, 5.74) is -0.213. The zero-order chi connectivity index (χ0) is 10.4. The van der Waals surface area contributed by atoms with Gasteiger partial charge in [0.25, 0.3) is 0 Å². The van der Waals surface area contributed by atoms with Crippen LogP contribution in [0.25, 0.3) is 0 Å². The van der Waals surface area contributed by atoms with E-state index in [9.17, 15) is 0 Å². The van der Waals surface area contributed by atoms with Gasteiger partial charge in [-0.1, -0.05) is 25.7 Å². The highest BCUT2D eigenvalue weighted by molar-refractivity contribution is 4.93. The Kier molecular flexibility index (Phi) is 4.41. The molecule has 1 N–H and O–H groups in total. The van der Waals surface area contributed by atoms with Gasteiger partial charge in [0.2, 0.25) is 0 Å². The van der Waals surface area contributed by atoms with E-state index in [0.717, 1.165) is 19.0 Å². The third-order valence-corrected chi connectivity index (χ3v) is 3.07. The smallest absolute Gasteiger partial charge is 0.0697 e. The van der Waals surface area contributed by atoms with Crippen molar-refractivity contribution in [2.24, 2.45) is 11.3 Å². The van der Waals surface area contributed by atoms with Gasteiger partial charge in [-0.25, -0.2) is 0 Å². The molecule has 0 radical (unpaired) electrons. The van der Waals surface area contributed by atoms with E-state index >= 15 is 0 Å². The van der Waals surface area contributed by atoms with E-state index in [1.54, 1.807) is 0 Å². The summed E-state index contributed by atoms with van der Waals surface area (Å²) in [5, 5.41) is 12.2. The Labute approximate surface area is 87.7 Å². The molecule has 0 unspecified atom stereocenters. The Morgan fingerprint density at radius 1 is 1.36 bits per heavy atom. The third kappa shape index (κ3) is 4.11. The zero-order valence-electron chi connectivity index (χ0n) is 9.47. The first-order valence-electron chi connectivity index (χ1n) is 5.76. The number of hydrogen-bond donors (Lipinski definition) is 1. The van der Waals surface area contributed by atoms with Gasteiger partial charge in [-0.05, 0) is 32.7 Å². The van der Waals surface area contributed by atoms with E-state index in [2.05, 4.69) is 11.4 Å². The summed E-state index contributed by atoms with van der Waals surface area (Å²) in [6, 6.07) is 2.31. The highest BCUT2D eigenvalue weighted by Crippen LogP contribution is 2.26. The lowest BCUT2D eigenvalue weighted by molar-refractivity contribution is 0.415. The minimum absolute atomic E-state index is 0.213. The first-order valence-corrected chi connectivity index (χ1v) is 5.76. The summed E-state index contributed by atoms with van der Waals surface area (Å²) in [6.07, 6.45) is 6.98. The number of hydrogen-bond acceptors (Lipinski definition) is 2. The molecule has 0 aromatic heterocycles. The molecular weight excluding hydrogens is 172 g/mol. The summed E-state index contributed by atoms with van der Waals surface area (Å²) in [7, 11) is 0. The molecule has 2 nitrogen and oxygen atoms in total. The van der Waals surface area contributed by atoms with Crippen molar-refractivity contribution in [3.05, 3.63) is 0 Å². The monoisotopic (exact) mass is 194 g/mol. The fourth-order valence-electron chi connectivity index (χ4n) is 2.05. The van der Waals surface area contributed by atoms with Crippen LogP contribution in [0.15, 0.2) is 0 Å². The van der Waals surface area contributed by atoms with Crippen LogP contribution >= 0.6 is 0 Å². The number of nitriles is 1. The summed E-state index contributed by atoms with van der Waals surface area (Å²) in [6.45, 7) is 5.86. The van der Waals surface area contributed by atoms with E-state index in [0.29, 0.717) is 0 Å². The molecular formula is C12H22N2. The van der Waals surface area contributed by atoms with E-state index < -0.39 is 0 Å². The fourth-order valence-corrected chi connectivity index (χ4v) is 2.05. The average Bonchev–Trinajstić information content (AvgIpc) is 2.65. The first-order chi connectivity index (χ1) is 6.64. The lowest BCUT2D eigenvalue weighted by Gasteiger charge is -2.16. The van der Waals surface area contributed by atoms with E-state index in [1.165, 1.54) is 32.1 Å². The van der Waals surface area contributed by atoms with Crippen LogP contribution in [0.5, 0.6) is 0 Å². The van der Waals surface area contributed by atoms with Crippen molar-refractivity contribution in [1.82, 2.24) is 5.32 Å². The molecule has 0 bridgehead atoms. The maximum atomic E-state index is 8.81. The van der Waals surface area contributed by atoms with Crippen LogP contribution < -0.4 is 5.32 Å². The summed E-state index contributed by atoms with van der Waals surface area (Å²) < 4.78 is 0. The van der Waals surface area contributed by atoms with Crippen LogP contribution in [0, 0.1) is 22.7 Å². The number of nitrogens with zero attached hydrogens (tertiary/aromatic N) is 1. The molecule has 1 aliphatic rings. The molecule has 0 saturated heterocycles. The molecule has 0 atom stereocenters. The Balaban J connectivity index is 2.02. The molecule has 1 rings (SSSR count). The quantitative estimate of drug-likeness (QED) is 0.683. The standard InChI is InChI=1S/C12H22N2/c1-12(2,9-13)10-14-8-7-11-5-3-4-6-11/h11,14H,3-8,10H2,1-2H3. The van der Waals surface area contributed by atoms with Gasteiger partial charge >= 0.3 is 0 Å². The van der Waals surface area contributed by atoms with Crippen LogP contribution in [0.3, 0.4) is 0 Å². The molecule has 0 aromatic rings. The van der Waals surface area contributed by atoms with Crippen LogP contribution in [-0.2, 0) is 0 Å². The van der Waals surface area contributed by atoms with E-state index in [-0.39, 0.29) is 5.41 Å². The van der Waals surface area contributed by atoms with Gasteiger partial charge in [0.1, 0.15) is 0 Å². The van der Waals surface area contributed by atoms with Gasteiger partial charge in [0.05, 0.1) is 11.5 Å². The van der Waals surface area contributed by atoms with Crippen LogP contribution in [0.1, 0.15) is 46.0 Å². The van der Waals surface area contributed by atoms with E-state index in [1.807, 2.05) is 13.8 Å². The molecule has 1 aliphatic carbocycles. The van der Waals surface area contributed by atoms with Gasteiger partial charge in [-0.2, -0.15) is 5.26 Å². The van der Waals surface area contributed by atoms with Crippen molar-refractivity contribution < 1.29 is 0 Å². The van der Waals surface area contributed by atoms with Gasteiger partial charge in [0, 0.05) is 6.54 Å². The molecule has 2 heteroatoms. The van der Waals surface area contributed by atoms with Crippen molar-refractivity contribution in [2.75, 3.05) is 13.1 Å². The molecule has 0 aliphatic heterocycles. The van der Waals surface area contributed by atoms with Gasteiger partial charge in [-0.3, -0.25) is 0 Å². The van der Waals surface area contributed by atoms with Gasteiger partial charge in [-0.15, -0.1) is 0 Å². The van der Waals surface area contributed by atoms with Crippen molar-refractivity contribution in [3.8, 4) is 6.07 Å². The predicted molar refractivity (Wildman–Crippen MR) is 58.8 cm³/mol. The second-order valence-electron chi connectivity index (χ2n) is 5.11. The van der Waals surface area contributed by atoms with Crippen LogP contribution in [-0.4, -0.2) is 13.1 Å². The first kappa shape index (κ1) is 11.5. The normalized spacial score (nSPS) is 18.4. The van der Waals surface area contributed by atoms with Crippen molar-refractivity contribution >= 4 is 0 Å². The third-order valence-electron chi connectivity index (χ3n) is 3.07. The largest absolute Gasteiger partial charge is 0.315 e. The lowest BCUT2D eigenvalue weighted by Crippen LogP contribution is -2.29. The molecule has 80 valence electrons. The number of rotatable bonds is 5. The molecule has 0 heterocycles. The van der Waals surface area contributed by atoms with E-state index in [4.69, 9.17) is 5.26 Å². The Morgan fingerprint density at radius 2 is 2.00 bits per heavy atom.